The van der Waals surface area contributed by atoms with E-state index in [1.54, 1.807) is 6.20 Å². The molecule has 0 radical (unpaired) electrons. The Morgan fingerprint density at radius 3 is 2.48 bits per heavy atom. The van der Waals surface area contributed by atoms with Crippen molar-refractivity contribution < 1.29 is 9.59 Å². The Labute approximate surface area is 147 Å². The summed E-state index contributed by atoms with van der Waals surface area (Å²) in [6.07, 6.45) is 3.13. The summed E-state index contributed by atoms with van der Waals surface area (Å²) >= 11 is 0. The second-order valence-corrected chi connectivity index (χ2v) is 6.28. The molecule has 0 unspecified atom stereocenters. The van der Waals surface area contributed by atoms with Gasteiger partial charge in [0.15, 0.2) is 5.78 Å². The molecule has 1 N–H and O–H groups in total. The van der Waals surface area contributed by atoms with E-state index in [1.165, 1.54) is 0 Å². The molecule has 0 aliphatic rings. The standard InChI is InChI=1S/C21H22N2O2/c1-3-6-20(24)18-13-23(19-8-5-4-7-17(18)19)14-21(25)22-16-11-9-15(2)10-12-16/h4-5,7-13H,3,6,14H2,1-2H3,(H,22,25). The fraction of sp³-hybridized carbons (Fsp3) is 0.238. The maximum absolute atomic E-state index is 12.4. The van der Waals surface area contributed by atoms with E-state index in [1.807, 2.05) is 66.9 Å². The fourth-order valence-electron chi connectivity index (χ4n) is 2.95. The summed E-state index contributed by atoms with van der Waals surface area (Å²) in [6.45, 7) is 4.17. The molecule has 3 rings (SSSR count). The molecular formula is C21H22N2O2. The Morgan fingerprint density at radius 1 is 1.04 bits per heavy atom. The summed E-state index contributed by atoms with van der Waals surface area (Å²) in [5.41, 5.74) is 3.52. The van der Waals surface area contributed by atoms with Crippen LogP contribution in [0.1, 0.15) is 35.7 Å². The Hall–Kier alpha value is -2.88. The SMILES string of the molecule is CCCC(=O)c1cn(CC(=O)Nc2ccc(C)cc2)c2ccccc12. The fourth-order valence-corrected chi connectivity index (χ4v) is 2.95. The van der Waals surface area contributed by atoms with Crippen molar-refractivity contribution in [3.63, 3.8) is 0 Å². The van der Waals surface area contributed by atoms with E-state index in [4.69, 9.17) is 0 Å². The van der Waals surface area contributed by atoms with E-state index in [9.17, 15) is 9.59 Å². The molecule has 4 nitrogen and oxygen atoms in total. The van der Waals surface area contributed by atoms with Gasteiger partial charge in [0.25, 0.3) is 0 Å². The third-order valence-corrected chi connectivity index (χ3v) is 4.22. The number of Topliss-reactive ketones (excluding diaryl/α,β-unsaturated/α-hetero) is 1. The lowest BCUT2D eigenvalue weighted by Crippen LogP contribution is -2.18. The Kier molecular flexibility index (Phi) is 4.98. The van der Waals surface area contributed by atoms with Crippen LogP contribution in [0.3, 0.4) is 0 Å². The third kappa shape index (κ3) is 3.79. The number of nitrogens with one attached hydrogen (secondary N) is 1. The van der Waals surface area contributed by atoms with Crippen LogP contribution >= 0.6 is 0 Å². The van der Waals surface area contributed by atoms with Crippen LogP contribution < -0.4 is 5.32 Å². The van der Waals surface area contributed by atoms with Crippen molar-refractivity contribution in [2.45, 2.75) is 33.2 Å². The highest BCUT2D eigenvalue weighted by molar-refractivity contribution is 6.08. The number of hydrogen-bond donors (Lipinski definition) is 1. The van der Waals surface area contributed by atoms with Gasteiger partial charge in [0, 0.05) is 34.8 Å². The molecule has 0 aliphatic carbocycles. The maximum atomic E-state index is 12.4. The number of hydrogen-bond acceptors (Lipinski definition) is 2. The molecule has 0 saturated carbocycles. The molecule has 2 aromatic carbocycles. The normalized spacial score (nSPS) is 10.8. The summed E-state index contributed by atoms with van der Waals surface area (Å²) in [4.78, 5) is 24.8. The zero-order chi connectivity index (χ0) is 17.8. The van der Waals surface area contributed by atoms with E-state index < -0.39 is 0 Å². The molecular weight excluding hydrogens is 312 g/mol. The van der Waals surface area contributed by atoms with Crippen LogP contribution in [0.2, 0.25) is 0 Å². The zero-order valence-corrected chi connectivity index (χ0v) is 14.6. The molecule has 0 aliphatic heterocycles. The molecule has 0 atom stereocenters. The molecule has 0 bridgehead atoms. The predicted molar refractivity (Wildman–Crippen MR) is 101 cm³/mol. The monoisotopic (exact) mass is 334 g/mol. The van der Waals surface area contributed by atoms with Crippen LogP contribution in [0.15, 0.2) is 54.7 Å². The number of anilines is 1. The molecule has 4 heteroatoms. The van der Waals surface area contributed by atoms with Gasteiger partial charge in [-0.15, -0.1) is 0 Å². The second-order valence-electron chi connectivity index (χ2n) is 6.28. The summed E-state index contributed by atoms with van der Waals surface area (Å²) in [7, 11) is 0. The van der Waals surface area contributed by atoms with Gasteiger partial charge in [-0.05, 0) is 31.5 Å². The number of carbonyl (C=O) groups is 2. The smallest absolute Gasteiger partial charge is 0.244 e. The van der Waals surface area contributed by atoms with Gasteiger partial charge in [-0.3, -0.25) is 9.59 Å². The van der Waals surface area contributed by atoms with Crippen LogP contribution in [0.4, 0.5) is 5.69 Å². The topological polar surface area (TPSA) is 51.1 Å². The van der Waals surface area contributed by atoms with Crippen molar-refractivity contribution in [2.24, 2.45) is 0 Å². The molecule has 128 valence electrons. The van der Waals surface area contributed by atoms with E-state index in [-0.39, 0.29) is 18.2 Å². The Morgan fingerprint density at radius 2 is 1.76 bits per heavy atom. The van der Waals surface area contributed by atoms with Crippen molar-refractivity contribution in [3.05, 3.63) is 65.9 Å². The lowest BCUT2D eigenvalue weighted by Gasteiger charge is -2.07. The van der Waals surface area contributed by atoms with Gasteiger partial charge >= 0.3 is 0 Å². The average Bonchev–Trinajstić information content (AvgIpc) is 2.96. The lowest BCUT2D eigenvalue weighted by molar-refractivity contribution is -0.116. The Bertz CT molecular complexity index is 907. The van der Waals surface area contributed by atoms with Crippen LogP contribution in [-0.4, -0.2) is 16.3 Å². The summed E-state index contributed by atoms with van der Waals surface area (Å²) in [6, 6.07) is 15.4. The van der Waals surface area contributed by atoms with Gasteiger partial charge in [-0.25, -0.2) is 0 Å². The summed E-state index contributed by atoms with van der Waals surface area (Å²) in [5, 5.41) is 3.81. The molecule has 1 aromatic heterocycles. The number of amides is 1. The first-order valence-electron chi connectivity index (χ1n) is 8.56. The number of aromatic nitrogens is 1. The van der Waals surface area contributed by atoms with Gasteiger partial charge in [0.05, 0.1) is 0 Å². The van der Waals surface area contributed by atoms with E-state index in [2.05, 4.69) is 5.32 Å². The number of aryl methyl sites for hydroxylation is 1. The van der Waals surface area contributed by atoms with E-state index in [0.29, 0.717) is 12.0 Å². The highest BCUT2D eigenvalue weighted by Crippen LogP contribution is 2.23. The van der Waals surface area contributed by atoms with E-state index in [0.717, 1.165) is 28.6 Å². The maximum Gasteiger partial charge on any atom is 0.244 e. The molecule has 3 aromatic rings. The number of ketones is 1. The van der Waals surface area contributed by atoms with Crippen LogP contribution in [0, 0.1) is 6.92 Å². The summed E-state index contributed by atoms with van der Waals surface area (Å²) < 4.78 is 1.85. The number of rotatable bonds is 6. The van der Waals surface area contributed by atoms with Gasteiger partial charge in [-0.1, -0.05) is 42.8 Å². The van der Waals surface area contributed by atoms with Gasteiger partial charge < -0.3 is 9.88 Å². The van der Waals surface area contributed by atoms with Gasteiger partial charge in [0.2, 0.25) is 5.91 Å². The molecule has 1 amide bonds. The number of carbonyl (C=O) groups excluding carboxylic acids is 2. The number of nitrogens with zero attached hydrogens (tertiary/aromatic N) is 1. The van der Waals surface area contributed by atoms with Crippen molar-refractivity contribution >= 4 is 28.3 Å². The van der Waals surface area contributed by atoms with Crippen LogP contribution in [0.25, 0.3) is 10.9 Å². The average molecular weight is 334 g/mol. The molecule has 1 heterocycles. The quantitative estimate of drug-likeness (QED) is 0.671. The number of benzene rings is 2. The zero-order valence-electron chi connectivity index (χ0n) is 14.6. The second kappa shape index (κ2) is 7.34. The molecule has 0 saturated heterocycles. The van der Waals surface area contributed by atoms with Crippen molar-refractivity contribution in [1.82, 2.24) is 4.57 Å². The highest BCUT2D eigenvalue weighted by Gasteiger charge is 2.15. The first-order valence-corrected chi connectivity index (χ1v) is 8.56. The van der Waals surface area contributed by atoms with Crippen LogP contribution in [-0.2, 0) is 11.3 Å². The minimum absolute atomic E-state index is 0.112. The van der Waals surface area contributed by atoms with Crippen LogP contribution in [0.5, 0.6) is 0 Å². The van der Waals surface area contributed by atoms with Gasteiger partial charge in [-0.2, -0.15) is 0 Å². The first-order chi connectivity index (χ1) is 12.1. The Balaban J connectivity index is 1.84. The lowest BCUT2D eigenvalue weighted by atomic mass is 10.1. The number of fused-ring (bicyclic) bond motifs is 1. The highest BCUT2D eigenvalue weighted by atomic mass is 16.2. The third-order valence-electron chi connectivity index (χ3n) is 4.22. The molecule has 25 heavy (non-hydrogen) atoms. The summed E-state index contributed by atoms with van der Waals surface area (Å²) in [5.74, 6) is 0.00971. The minimum atomic E-state index is -0.112. The van der Waals surface area contributed by atoms with E-state index >= 15 is 0 Å². The largest absolute Gasteiger partial charge is 0.337 e. The minimum Gasteiger partial charge on any atom is -0.337 e. The van der Waals surface area contributed by atoms with Crippen molar-refractivity contribution in [2.75, 3.05) is 5.32 Å². The predicted octanol–water partition coefficient (Wildman–Crippen LogP) is 4.57. The number of para-hydroxylation sites is 1. The first kappa shape index (κ1) is 17.0. The van der Waals surface area contributed by atoms with Crippen molar-refractivity contribution in [1.29, 1.82) is 0 Å². The molecule has 0 fully saturated rings. The van der Waals surface area contributed by atoms with Gasteiger partial charge in [0.1, 0.15) is 6.54 Å². The van der Waals surface area contributed by atoms with Crippen molar-refractivity contribution in [3.8, 4) is 0 Å². The molecule has 0 spiro atoms.